The lowest BCUT2D eigenvalue weighted by Crippen LogP contribution is -2.01. The van der Waals surface area contributed by atoms with Crippen LogP contribution in [0.1, 0.15) is 10.7 Å². The average molecular weight is 300 g/mol. The molecule has 6 nitrogen and oxygen atoms in total. The van der Waals surface area contributed by atoms with Gasteiger partial charge in [-0.25, -0.2) is 9.97 Å². The molecule has 0 saturated heterocycles. The molecule has 0 atom stereocenters. The number of nitrogens with zero attached hydrogens (tertiary/aromatic N) is 3. The van der Waals surface area contributed by atoms with Gasteiger partial charge < -0.3 is 5.32 Å². The number of thiazole rings is 1. The topological polar surface area (TPSA) is 81.0 Å². The summed E-state index contributed by atoms with van der Waals surface area (Å²) in [7, 11) is 0. The van der Waals surface area contributed by atoms with E-state index in [1.807, 2.05) is 18.4 Å². The van der Waals surface area contributed by atoms with Crippen LogP contribution in [0.3, 0.4) is 0 Å². The van der Waals surface area contributed by atoms with E-state index in [4.69, 9.17) is 0 Å². The summed E-state index contributed by atoms with van der Waals surface area (Å²) in [5.74, 6) is 0. The Morgan fingerprint density at radius 3 is 2.95 bits per heavy atom. The molecule has 0 saturated carbocycles. The molecule has 0 radical (unpaired) electrons. The van der Waals surface area contributed by atoms with Crippen molar-refractivity contribution in [1.82, 2.24) is 9.97 Å². The van der Waals surface area contributed by atoms with Gasteiger partial charge in [0.15, 0.2) is 0 Å². The first-order valence-electron chi connectivity index (χ1n) is 6.32. The molecule has 3 rings (SSSR count). The molecule has 3 aromatic rings. The van der Waals surface area contributed by atoms with Crippen LogP contribution in [-0.2, 0) is 6.54 Å². The molecule has 0 fully saturated rings. The van der Waals surface area contributed by atoms with Crippen molar-refractivity contribution < 1.29 is 4.92 Å². The molecule has 0 bridgehead atoms. The fraction of sp³-hybridized carbons (Fsp3) is 0.143. The number of hydrogen-bond donors (Lipinski definition) is 1. The fourth-order valence-electron chi connectivity index (χ4n) is 2.11. The monoisotopic (exact) mass is 300 g/mol. The molecule has 106 valence electrons. The maximum absolute atomic E-state index is 11.0. The zero-order valence-corrected chi connectivity index (χ0v) is 12.1. The Labute approximate surface area is 124 Å². The first kappa shape index (κ1) is 13.4. The maximum atomic E-state index is 11.0. The number of non-ortho nitro benzene ring substituents is 1. The predicted molar refractivity (Wildman–Crippen MR) is 82.6 cm³/mol. The second-order valence-electron chi connectivity index (χ2n) is 4.53. The highest BCUT2D eigenvalue weighted by atomic mass is 32.1. The quantitative estimate of drug-likeness (QED) is 0.589. The summed E-state index contributed by atoms with van der Waals surface area (Å²) in [6.07, 6.45) is 1.56. The van der Waals surface area contributed by atoms with Crippen LogP contribution in [0.2, 0.25) is 0 Å². The minimum Gasteiger partial charge on any atom is -0.378 e. The summed E-state index contributed by atoms with van der Waals surface area (Å²) in [4.78, 5) is 19.1. The largest absolute Gasteiger partial charge is 0.378 e. The van der Waals surface area contributed by atoms with Crippen LogP contribution in [0.15, 0.2) is 35.8 Å². The first-order valence-corrected chi connectivity index (χ1v) is 7.20. The van der Waals surface area contributed by atoms with Crippen molar-refractivity contribution in [3.05, 3.63) is 56.7 Å². The third kappa shape index (κ3) is 2.68. The molecule has 21 heavy (non-hydrogen) atoms. The van der Waals surface area contributed by atoms with Crippen molar-refractivity contribution in [2.24, 2.45) is 0 Å². The van der Waals surface area contributed by atoms with Gasteiger partial charge in [0, 0.05) is 34.4 Å². The highest BCUT2D eigenvalue weighted by Gasteiger charge is 2.15. The smallest absolute Gasteiger partial charge is 0.295 e. The summed E-state index contributed by atoms with van der Waals surface area (Å²) >= 11 is 1.58. The number of benzene rings is 1. The van der Waals surface area contributed by atoms with Gasteiger partial charge in [-0.15, -0.1) is 11.3 Å². The number of pyridine rings is 1. The second kappa shape index (κ2) is 5.45. The van der Waals surface area contributed by atoms with E-state index in [1.54, 1.807) is 29.7 Å². The van der Waals surface area contributed by atoms with Crippen LogP contribution in [0.25, 0.3) is 10.9 Å². The van der Waals surface area contributed by atoms with Crippen molar-refractivity contribution in [2.45, 2.75) is 13.5 Å². The first-order chi connectivity index (χ1) is 10.1. The number of aromatic nitrogens is 2. The van der Waals surface area contributed by atoms with Gasteiger partial charge in [0.1, 0.15) is 10.5 Å². The fourth-order valence-corrected chi connectivity index (χ4v) is 2.83. The Hall–Kier alpha value is -2.54. The maximum Gasteiger partial charge on any atom is 0.295 e. The zero-order chi connectivity index (χ0) is 14.8. The standard InChI is InChI=1S/C14H12N4O2S/c1-9-8-21-13(17-9)7-16-11-4-5-12(18(19)20)14-10(11)3-2-6-15-14/h2-6,8,16H,7H2,1H3. The molecule has 7 heteroatoms. The Morgan fingerprint density at radius 1 is 1.38 bits per heavy atom. The summed E-state index contributed by atoms with van der Waals surface area (Å²) in [6, 6.07) is 6.78. The van der Waals surface area contributed by atoms with Crippen molar-refractivity contribution in [3.8, 4) is 0 Å². The van der Waals surface area contributed by atoms with E-state index in [9.17, 15) is 10.1 Å². The van der Waals surface area contributed by atoms with Crippen LogP contribution in [0.5, 0.6) is 0 Å². The molecule has 0 aliphatic rings. The molecular weight excluding hydrogens is 288 g/mol. The number of nitro groups is 1. The third-order valence-electron chi connectivity index (χ3n) is 3.04. The van der Waals surface area contributed by atoms with E-state index in [0.29, 0.717) is 12.1 Å². The Bertz CT molecular complexity index is 816. The zero-order valence-electron chi connectivity index (χ0n) is 11.2. The molecule has 2 aromatic heterocycles. The van der Waals surface area contributed by atoms with Crippen molar-refractivity contribution in [1.29, 1.82) is 0 Å². The Balaban J connectivity index is 1.96. The van der Waals surface area contributed by atoms with E-state index < -0.39 is 4.92 Å². The molecule has 0 amide bonds. The number of aryl methyl sites for hydroxylation is 1. The lowest BCUT2D eigenvalue weighted by Gasteiger charge is -2.08. The van der Waals surface area contributed by atoms with E-state index in [1.165, 1.54) is 6.07 Å². The SMILES string of the molecule is Cc1csc(CNc2ccc([N+](=O)[O-])c3ncccc23)n1. The number of nitro benzene ring substituents is 1. The van der Waals surface area contributed by atoms with Crippen LogP contribution in [0.4, 0.5) is 11.4 Å². The number of fused-ring (bicyclic) bond motifs is 1. The van der Waals surface area contributed by atoms with E-state index in [2.05, 4.69) is 15.3 Å². The van der Waals surface area contributed by atoms with Gasteiger partial charge in [-0.05, 0) is 25.1 Å². The molecule has 0 aliphatic carbocycles. The molecule has 2 heterocycles. The normalized spacial score (nSPS) is 10.7. The molecule has 1 aromatic carbocycles. The van der Waals surface area contributed by atoms with Gasteiger partial charge in [-0.1, -0.05) is 0 Å². The minimum atomic E-state index is -0.413. The van der Waals surface area contributed by atoms with Crippen LogP contribution >= 0.6 is 11.3 Å². The molecular formula is C14H12N4O2S. The summed E-state index contributed by atoms with van der Waals surface area (Å²) in [6.45, 7) is 2.53. The number of nitrogens with one attached hydrogen (secondary N) is 1. The van der Waals surface area contributed by atoms with Crippen molar-refractivity contribution in [2.75, 3.05) is 5.32 Å². The van der Waals surface area contributed by atoms with Crippen molar-refractivity contribution >= 4 is 33.6 Å². The average Bonchev–Trinajstić information content (AvgIpc) is 2.90. The molecule has 0 unspecified atom stereocenters. The van der Waals surface area contributed by atoms with Crippen LogP contribution in [-0.4, -0.2) is 14.9 Å². The molecule has 0 spiro atoms. The highest BCUT2D eigenvalue weighted by Crippen LogP contribution is 2.30. The lowest BCUT2D eigenvalue weighted by molar-refractivity contribution is -0.383. The Kier molecular flexibility index (Phi) is 3.49. The van der Waals surface area contributed by atoms with Crippen LogP contribution < -0.4 is 5.32 Å². The van der Waals surface area contributed by atoms with Gasteiger partial charge in [0.25, 0.3) is 5.69 Å². The molecule has 1 N–H and O–H groups in total. The van der Waals surface area contributed by atoms with E-state index >= 15 is 0 Å². The van der Waals surface area contributed by atoms with Gasteiger partial charge >= 0.3 is 0 Å². The van der Waals surface area contributed by atoms with Gasteiger partial charge in [-0.3, -0.25) is 10.1 Å². The number of hydrogen-bond acceptors (Lipinski definition) is 6. The Morgan fingerprint density at radius 2 is 2.24 bits per heavy atom. The van der Waals surface area contributed by atoms with E-state index in [-0.39, 0.29) is 5.69 Å². The number of rotatable bonds is 4. The molecule has 0 aliphatic heterocycles. The highest BCUT2D eigenvalue weighted by molar-refractivity contribution is 7.09. The summed E-state index contributed by atoms with van der Waals surface area (Å²) in [5, 5.41) is 18.0. The minimum absolute atomic E-state index is 0.0150. The van der Waals surface area contributed by atoms with Crippen LogP contribution in [0, 0.1) is 17.0 Å². The number of anilines is 1. The van der Waals surface area contributed by atoms with E-state index in [0.717, 1.165) is 21.8 Å². The van der Waals surface area contributed by atoms with Crippen molar-refractivity contribution in [3.63, 3.8) is 0 Å². The van der Waals surface area contributed by atoms with Gasteiger partial charge in [0.2, 0.25) is 0 Å². The predicted octanol–water partition coefficient (Wildman–Crippen LogP) is 3.52. The van der Waals surface area contributed by atoms with Gasteiger partial charge in [0.05, 0.1) is 11.5 Å². The lowest BCUT2D eigenvalue weighted by atomic mass is 10.1. The van der Waals surface area contributed by atoms with Gasteiger partial charge in [-0.2, -0.15) is 0 Å². The second-order valence-corrected chi connectivity index (χ2v) is 5.47. The summed E-state index contributed by atoms with van der Waals surface area (Å²) in [5.41, 5.74) is 2.22. The third-order valence-corrected chi connectivity index (χ3v) is 4.01. The summed E-state index contributed by atoms with van der Waals surface area (Å²) < 4.78 is 0.